The number of H-pyrrole nitrogens is 2. The number of alkyl carbamates (subject to hydrolysis) is 1. The van der Waals surface area contributed by atoms with Gasteiger partial charge in [-0.05, 0) is 77.2 Å². The van der Waals surface area contributed by atoms with Crippen LogP contribution in [-0.2, 0) is 30.4 Å². The molecule has 2 fully saturated rings. The number of carbonyl (C=O) groups excluding carboxylic acids is 4. The van der Waals surface area contributed by atoms with Gasteiger partial charge in [0.2, 0.25) is 11.8 Å². The smallest absolute Gasteiger partial charge is 0.407 e. The Bertz CT molecular complexity index is 2670. The van der Waals surface area contributed by atoms with Crippen molar-refractivity contribution in [1.29, 1.82) is 0 Å². The number of benzene rings is 2. The Labute approximate surface area is 392 Å². The summed E-state index contributed by atoms with van der Waals surface area (Å²) in [6.45, 7) is 12.7. The monoisotopic (exact) mass is 902 g/mol. The minimum atomic E-state index is -0.980. The number of rotatable bonds is 19. The largest absolute Gasteiger partial charge is 0.505 e. The fourth-order valence-electron chi connectivity index (χ4n) is 8.16. The van der Waals surface area contributed by atoms with Crippen molar-refractivity contribution < 1.29 is 28.7 Å². The van der Waals surface area contributed by atoms with Crippen molar-refractivity contribution in [1.82, 2.24) is 40.4 Å². The van der Waals surface area contributed by atoms with Crippen LogP contribution in [0.4, 0.5) is 4.79 Å². The maximum Gasteiger partial charge on any atom is 0.407 e. The van der Waals surface area contributed by atoms with Gasteiger partial charge in [0, 0.05) is 24.1 Å². The van der Waals surface area contributed by atoms with Crippen molar-refractivity contribution in [2.45, 2.75) is 65.2 Å². The van der Waals surface area contributed by atoms with Crippen LogP contribution in [0.2, 0.25) is 0 Å². The third-order valence-electron chi connectivity index (χ3n) is 12.6. The van der Waals surface area contributed by atoms with Gasteiger partial charge in [-0.1, -0.05) is 101 Å². The van der Waals surface area contributed by atoms with Crippen LogP contribution < -0.4 is 10.6 Å². The highest BCUT2D eigenvalue weighted by atomic mass is 16.5. The van der Waals surface area contributed by atoms with Crippen molar-refractivity contribution in [2.24, 2.45) is 29.6 Å². The summed E-state index contributed by atoms with van der Waals surface area (Å²) < 4.78 is 9.94. The normalized spacial score (nSPS) is 18.7. The van der Waals surface area contributed by atoms with Gasteiger partial charge in [-0.2, -0.15) is 0 Å². The highest BCUT2D eigenvalue weighted by Crippen LogP contribution is 2.43. The van der Waals surface area contributed by atoms with Gasteiger partial charge in [0.25, 0.3) is 5.91 Å². The minimum Gasteiger partial charge on any atom is -0.505 e. The Morgan fingerprint density at radius 3 is 2.28 bits per heavy atom. The molecule has 4 amide bonds. The summed E-state index contributed by atoms with van der Waals surface area (Å²) >= 11 is 0. The molecule has 3 aliphatic carbocycles. The van der Waals surface area contributed by atoms with Crippen molar-refractivity contribution in [3.63, 3.8) is 0 Å². The lowest BCUT2D eigenvalue weighted by Crippen LogP contribution is -2.52. The summed E-state index contributed by atoms with van der Waals surface area (Å²) in [5, 5.41) is 5.70. The SMILES string of the molecule is C#CC(C=COC)CN(C(=C)c1ncc(C2=C=CC=C(c3ccc(-c4cnc(CN(C(=O)C(NC(=O)OC)C(C)C)C5C(C)C5C)[nH]4)cc3)C=C2)[nH]1)C(=O)C(NC(=O)C1CC1)c1ccccc1. The zero-order chi connectivity index (χ0) is 47.8. The van der Waals surface area contributed by atoms with Crippen LogP contribution in [0.5, 0.6) is 0 Å². The molecule has 346 valence electrons. The van der Waals surface area contributed by atoms with E-state index in [2.05, 4.69) is 62.6 Å². The second-order valence-electron chi connectivity index (χ2n) is 17.5. The molecule has 5 atom stereocenters. The lowest BCUT2D eigenvalue weighted by atomic mass is 10.0. The van der Waals surface area contributed by atoms with Crippen molar-refractivity contribution >= 4 is 40.7 Å². The quantitative estimate of drug-likeness (QED) is 0.0419. The standard InChI is InChI=1S/C53H58N8O6/c1-9-36(26-27-66-7)30-60(52(64)47(41-14-11-10-12-15-41)58-50(62)42-24-25-42)35(6)49-55-29-44(57-49)39-17-13-16-37(18-21-39)38-19-22-40(23-20-38)43-28-54-45(56-43)31-61(48-33(4)34(48)5)51(63)46(32(2)3)59-53(65)67-8/h1,10-16,18-23,26-29,32-34,36,42,46-48H,6,24-25,30-31H2,2-5,7-8H3,(H,54,56)(H,55,57)(H,58,62)(H,59,65). The van der Waals surface area contributed by atoms with E-state index >= 15 is 0 Å². The number of methoxy groups -OCH3 is 2. The average molecular weight is 903 g/mol. The predicted octanol–water partition coefficient (Wildman–Crippen LogP) is 7.83. The number of hydrogen-bond acceptors (Lipinski definition) is 8. The molecule has 14 nitrogen and oxygen atoms in total. The maximum absolute atomic E-state index is 14.6. The Morgan fingerprint density at radius 2 is 1.64 bits per heavy atom. The predicted molar refractivity (Wildman–Crippen MR) is 257 cm³/mol. The summed E-state index contributed by atoms with van der Waals surface area (Å²) in [5.74, 6) is 2.82. The number of imidazole rings is 2. The van der Waals surface area contributed by atoms with Gasteiger partial charge in [-0.15, -0.1) is 12.2 Å². The molecule has 14 heteroatoms. The number of amides is 4. The molecule has 0 bridgehead atoms. The van der Waals surface area contributed by atoms with E-state index in [0.717, 1.165) is 40.8 Å². The van der Waals surface area contributed by atoms with Crippen LogP contribution in [0.1, 0.15) is 75.0 Å². The maximum atomic E-state index is 14.6. The van der Waals surface area contributed by atoms with Gasteiger partial charge < -0.3 is 39.9 Å². The molecule has 2 saturated carbocycles. The molecule has 5 unspecified atom stereocenters. The van der Waals surface area contributed by atoms with E-state index in [9.17, 15) is 19.2 Å². The number of nitrogens with zero attached hydrogens (tertiary/aromatic N) is 4. The van der Waals surface area contributed by atoms with E-state index in [1.165, 1.54) is 25.4 Å². The van der Waals surface area contributed by atoms with Crippen LogP contribution in [0.25, 0.3) is 28.1 Å². The lowest BCUT2D eigenvalue weighted by molar-refractivity contribution is -0.136. The summed E-state index contributed by atoms with van der Waals surface area (Å²) in [5.41, 5.74) is 9.28. The highest BCUT2D eigenvalue weighted by molar-refractivity contribution is 5.94. The van der Waals surface area contributed by atoms with Crippen molar-refractivity contribution in [3.05, 3.63) is 144 Å². The molecule has 67 heavy (non-hydrogen) atoms. The van der Waals surface area contributed by atoms with Crippen LogP contribution >= 0.6 is 0 Å². The summed E-state index contributed by atoms with van der Waals surface area (Å²) in [7, 11) is 2.80. The van der Waals surface area contributed by atoms with Crippen molar-refractivity contribution in [3.8, 4) is 23.6 Å². The number of allylic oxidation sites excluding steroid dienone is 5. The Kier molecular flexibility index (Phi) is 14.9. The molecule has 3 aliphatic rings. The molecule has 7 rings (SSSR count). The Morgan fingerprint density at radius 1 is 0.940 bits per heavy atom. The summed E-state index contributed by atoms with van der Waals surface area (Å²) in [4.78, 5) is 73.0. The van der Waals surface area contributed by atoms with Crippen LogP contribution in [0.3, 0.4) is 0 Å². The zero-order valence-electron chi connectivity index (χ0n) is 38.8. The number of nitrogens with one attached hydrogen (secondary N) is 4. The number of carbonyl (C=O) groups is 4. The first-order valence-electron chi connectivity index (χ1n) is 22.5. The second-order valence-corrected chi connectivity index (χ2v) is 17.5. The highest BCUT2D eigenvalue weighted by Gasteiger charge is 2.50. The van der Waals surface area contributed by atoms with E-state index in [4.69, 9.17) is 15.9 Å². The zero-order valence-corrected chi connectivity index (χ0v) is 38.8. The fraction of sp³-hybridized carbons (Fsp3) is 0.340. The number of hydrogen-bond donors (Lipinski definition) is 4. The molecule has 2 aromatic carbocycles. The summed E-state index contributed by atoms with van der Waals surface area (Å²) in [6.07, 6.45) is 21.2. The molecule has 2 aromatic heterocycles. The van der Waals surface area contributed by atoms with E-state index in [-0.39, 0.29) is 48.5 Å². The van der Waals surface area contributed by atoms with Crippen LogP contribution in [-0.4, -0.2) is 86.4 Å². The van der Waals surface area contributed by atoms with E-state index in [1.807, 2.05) is 97.6 Å². The third kappa shape index (κ3) is 11.3. The third-order valence-corrected chi connectivity index (χ3v) is 12.6. The second kappa shape index (κ2) is 21.1. The molecule has 0 spiro atoms. The van der Waals surface area contributed by atoms with Crippen LogP contribution in [0, 0.1) is 41.9 Å². The summed E-state index contributed by atoms with van der Waals surface area (Å²) in [6, 6.07) is 15.5. The van der Waals surface area contributed by atoms with Gasteiger partial charge in [0.15, 0.2) is 5.82 Å². The molecule has 4 aromatic rings. The molecular formula is C53H58N8O6. The average Bonchev–Trinajstić information content (AvgIpc) is 4.19. The van der Waals surface area contributed by atoms with Gasteiger partial charge in [0.1, 0.15) is 17.9 Å². The minimum absolute atomic E-state index is 0.0365. The van der Waals surface area contributed by atoms with Gasteiger partial charge in [-0.3, -0.25) is 14.4 Å². The van der Waals surface area contributed by atoms with Gasteiger partial charge in [0.05, 0.1) is 62.4 Å². The first kappa shape index (κ1) is 47.3. The topological polar surface area (TPSA) is 175 Å². The molecule has 0 saturated heterocycles. The van der Waals surface area contributed by atoms with Crippen molar-refractivity contribution in [2.75, 3.05) is 20.8 Å². The van der Waals surface area contributed by atoms with Crippen LogP contribution in [0.15, 0.2) is 116 Å². The van der Waals surface area contributed by atoms with E-state index in [1.54, 1.807) is 18.5 Å². The molecule has 0 aliphatic heterocycles. The molecular weight excluding hydrogens is 845 g/mol. The fourth-order valence-corrected chi connectivity index (χ4v) is 8.16. The van der Waals surface area contributed by atoms with Gasteiger partial charge in [-0.25, -0.2) is 14.8 Å². The molecule has 4 N–H and O–H groups in total. The molecule has 0 radical (unpaired) electrons. The number of ether oxygens (including phenoxy) is 2. The van der Waals surface area contributed by atoms with Gasteiger partial charge >= 0.3 is 6.09 Å². The van der Waals surface area contributed by atoms with E-state index < -0.39 is 30.0 Å². The Balaban J connectivity index is 1.04. The number of aromatic amines is 2. The number of terminal acetylenes is 1. The number of aromatic nitrogens is 4. The van der Waals surface area contributed by atoms with E-state index in [0.29, 0.717) is 34.7 Å². The first-order valence-corrected chi connectivity index (χ1v) is 22.5. The molecule has 2 heterocycles. The Hall–Kier alpha value is -7.62. The lowest BCUT2D eigenvalue weighted by Gasteiger charge is -2.30. The first-order chi connectivity index (χ1) is 32.3.